The summed E-state index contributed by atoms with van der Waals surface area (Å²) in [5, 5.41) is 18.8. The van der Waals surface area contributed by atoms with Crippen molar-refractivity contribution >= 4 is 29.2 Å². The number of amides is 1. The second-order valence-corrected chi connectivity index (χ2v) is 7.88. The number of benzene rings is 1. The highest BCUT2D eigenvalue weighted by molar-refractivity contribution is 8.00. The Morgan fingerprint density at radius 1 is 1.48 bits per heavy atom. The van der Waals surface area contributed by atoms with E-state index in [2.05, 4.69) is 15.9 Å². The molecule has 1 unspecified atom stereocenters. The third kappa shape index (κ3) is 4.04. The first-order valence-corrected chi connectivity index (χ1v) is 10.1. The van der Waals surface area contributed by atoms with Gasteiger partial charge in [-0.2, -0.15) is 5.26 Å². The van der Waals surface area contributed by atoms with E-state index < -0.39 is 11.2 Å². The zero-order chi connectivity index (χ0) is 21.0. The first kappa shape index (κ1) is 20.7. The maximum absolute atomic E-state index is 12.2. The third-order valence-corrected chi connectivity index (χ3v) is 6.16. The molecule has 2 aromatic rings. The lowest BCUT2D eigenvalue weighted by Crippen LogP contribution is -2.49. The van der Waals surface area contributed by atoms with Gasteiger partial charge < -0.3 is 15.7 Å². The molecular weight excluding hydrogens is 386 g/mol. The number of rotatable bonds is 7. The van der Waals surface area contributed by atoms with Crippen LogP contribution in [-0.4, -0.2) is 35.7 Å². The largest absolute Gasteiger partial charge is 0.396 e. The minimum absolute atomic E-state index is 0.0835. The molecule has 1 aromatic carbocycles. The highest BCUT2D eigenvalue weighted by atomic mass is 32.2. The highest BCUT2D eigenvalue weighted by Crippen LogP contribution is 2.43. The molecule has 0 aliphatic carbocycles. The van der Waals surface area contributed by atoms with Crippen LogP contribution in [0, 0.1) is 23.8 Å². The van der Waals surface area contributed by atoms with E-state index >= 15 is 0 Å². The summed E-state index contributed by atoms with van der Waals surface area (Å²) in [5.41, 5.74) is 7.68. The van der Waals surface area contributed by atoms with E-state index in [4.69, 9.17) is 12.3 Å². The molecule has 1 saturated heterocycles. The molecule has 3 rings (SSSR count). The van der Waals surface area contributed by atoms with Gasteiger partial charge in [-0.25, -0.2) is 9.83 Å². The number of nitriles is 1. The number of nitrogens with zero attached hydrogens (tertiary/aromatic N) is 4. The summed E-state index contributed by atoms with van der Waals surface area (Å²) in [6.45, 7) is 10.8. The van der Waals surface area contributed by atoms with Crippen LogP contribution in [0.25, 0.3) is 4.85 Å². The van der Waals surface area contributed by atoms with Gasteiger partial charge in [0, 0.05) is 25.6 Å². The molecule has 1 aromatic heterocycles. The molecule has 1 aliphatic rings. The molecule has 2 heterocycles. The van der Waals surface area contributed by atoms with E-state index in [-0.39, 0.29) is 12.5 Å². The van der Waals surface area contributed by atoms with Crippen molar-refractivity contribution in [3.05, 3.63) is 58.4 Å². The number of primary amides is 1. The van der Waals surface area contributed by atoms with Gasteiger partial charge in [0.25, 0.3) is 0 Å². The van der Waals surface area contributed by atoms with Crippen LogP contribution in [0.2, 0.25) is 0 Å². The van der Waals surface area contributed by atoms with E-state index in [1.165, 1.54) is 0 Å². The lowest BCUT2D eigenvalue weighted by molar-refractivity contribution is -0.117. The number of hydrogen-bond acceptors (Lipinski definition) is 6. The van der Waals surface area contributed by atoms with Gasteiger partial charge in [-0.1, -0.05) is 49.0 Å². The Balaban J connectivity index is 2.09. The summed E-state index contributed by atoms with van der Waals surface area (Å²) >= 11 is 1.14. The number of pyridine rings is 1. The van der Waals surface area contributed by atoms with Gasteiger partial charge in [0.2, 0.25) is 11.6 Å². The molecule has 29 heavy (non-hydrogen) atoms. The first-order valence-electron chi connectivity index (χ1n) is 9.25. The normalized spacial score (nSPS) is 14.6. The molecule has 3 N–H and O–H groups in total. The number of anilines is 1. The summed E-state index contributed by atoms with van der Waals surface area (Å²) in [4.78, 5) is 22.4. The standard InChI is InChI=1S/C21H21N5O2S/c1-3-15-16(9-22)21(29-18(19(23)28)14-7-5-4-6-8-14)25-20(17(15)24-2)26-10-13(11-26)12-27/h4-8,13,18,27H,3,10-12H2,1H3,(H2,23,28). The fourth-order valence-electron chi connectivity index (χ4n) is 3.36. The van der Waals surface area contributed by atoms with Crippen LogP contribution in [0.1, 0.15) is 28.9 Å². The first-order chi connectivity index (χ1) is 14.0. The Labute approximate surface area is 174 Å². The number of carbonyl (C=O) groups is 1. The lowest BCUT2D eigenvalue weighted by atomic mass is 9.99. The van der Waals surface area contributed by atoms with Crippen molar-refractivity contribution in [1.82, 2.24) is 4.98 Å². The molecule has 1 aliphatic heterocycles. The van der Waals surface area contributed by atoms with Gasteiger partial charge in [-0.3, -0.25) is 4.79 Å². The number of aliphatic hydroxyl groups is 1. The predicted molar refractivity (Wildman–Crippen MR) is 112 cm³/mol. The third-order valence-electron chi connectivity index (χ3n) is 4.90. The van der Waals surface area contributed by atoms with Crippen molar-refractivity contribution < 1.29 is 9.90 Å². The van der Waals surface area contributed by atoms with Crippen molar-refractivity contribution in [2.75, 3.05) is 24.6 Å². The fraction of sp³-hybridized carbons (Fsp3) is 0.333. The maximum Gasteiger partial charge on any atom is 0.235 e. The van der Waals surface area contributed by atoms with Crippen LogP contribution in [-0.2, 0) is 11.2 Å². The average molecular weight is 407 g/mol. The molecule has 0 spiro atoms. The van der Waals surface area contributed by atoms with E-state index in [0.29, 0.717) is 47.2 Å². The minimum Gasteiger partial charge on any atom is -0.396 e. The molecular formula is C21H21N5O2S. The molecule has 7 nitrogen and oxygen atoms in total. The Hall–Kier alpha value is -3.07. The van der Waals surface area contributed by atoms with Crippen molar-refractivity contribution in [3.8, 4) is 6.07 Å². The van der Waals surface area contributed by atoms with Gasteiger partial charge >= 0.3 is 0 Å². The average Bonchev–Trinajstić information content (AvgIpc) is 2.70. The topological polar surface area (TPSA) is 108 Å². The van der Waals surface area contributed by atoms with Crippen molar-refractivity contribution in [2.45, 2.75) is 23.6 Å². The number of aromatic nitrogens is 1. The Bertz CT molecular complexity index is 991. The van der Waals surface area contributed by atoms with Crippen LogP contribution < -0.4 is 10.6 Å². The van der Waals surface area contributed by atoms with Crippen molar-refractivity contribution in [2.24, 2.45) is 11.7 Å². The predicted octanol–water partition coefficient (Wildman–Crippen LogP) is 2.81. The van der Waals surface area contributed by atoms with Crippen LogP contribution in [0.3, 0.4) is 0 Å². The molecule has 0 bridgehead atoms. The summed E-state index contributed by atoms with van der Waals surface area (Å²) in [5.74, 6) is 0.124. The molecule has 1 atom stereocenters. The van der Waals surface area contributed by atoms with E-state index in [0.717, 1.165) is 17.3 Å². The van der Waals surface area contributed by atoms with Crippen molar-refractivity contribution in [3.63, 3.8) is 0 Å². The SMILES string of the molecule is [C-]#[N+]c1c(N2CC(CO)C2)nc(SC(C(N)=O)c2ccccc2)c(C#N)c1CC. The minimum atomic E-state index is -0.700. The van der Waals surface area contributed by atoms with E-state index in [1.807, 2.05) is 42.2 Å². The quantitative estimate of drug-likeness (QED) is 0.540. The van der Waals surface area contributed by atoms with Gasteiger partial charge in [0.1, 0.15) is 22.2 Å². The summed E-state index contributed by atoms with van der Waals surface area (Å²) in [7, 11) is 0. The molecule has 0 radical (unpaired) electrons. The number of nitrogens with two attached hydrogens (primary N) is 1. The summed E-state index contributed by atoms with van der Waals surface area (Å²) in [6.07, 6.45) is 0.494. The zero-order valence-corrected chi connectivity index (χ0v) is 16.8. The lowest BCUT2D eigenvalue weighted by Gasteiger charge is -2.40. The molecule has 8 heteroatoms. The number of carbonyl (C=O) groups excluding carboxylic acids is 1. The Morgan fingerprint density at radius 2 is 2.17 bits per heavy atom. The summed E-state index contributed by atoms with van der Waals surface area (Å²) in [6, 6.07) is 11.3. The molecule has 0 saturated carbocycles. The smallest absolute Gasteiger partial charge is 0.235 e. The maximum atomic E-state index is 12.2. The molecule has 1 amide bonds. The number of thioether (sulfide) groups is 1. The monoisotopic (exact) mass is 407 g/mol. The number of hydrogen-bond donors (Lipinski definition) is 2. The van der Waals surface area contributed by atoms with Gasteiger partial charge in [0.05, 0.1) is 12.1 Å². The highest BCUT2D eigenvalue weighted by Gasteiger charge is 2.32. The van der Waals surface area contributed by atoms with Crippen LogP contribution in [0.4, 0.5) is 11.5 Å². The Kier molecular flexibility index (Phi) is 6.38. The second kappa shape index (κ2) is 8.95. The fourth-order valence-corrected chi connectivity index (χ4v) is 4.42. The number of aliphatic hydroxyl groups excluding tert-OH is 1. The van der Waals surface area contributed by atoms with Crippen LogP contribution in [0.5, 0.6) is 0 Å². The second-order valence-electron chi connectivity index (χ2n) is 6.78. The van der Waals surface area contributed by atoms with E-state index in [1.54, 1.807) is 0 Å². The van der Waals surface area contributed by atoms with Gasteiger partial charge in [0.15, 0.2) is 0 Å². The molecule has 148 valence electrons. The van der Waals surface area contributed by atoms with Gasteiger partial charge in [-0.15, -0.1) is 0 Å². The Morgan fingerprint density at radius 3 is 2.69 bits per heavy atom. The van der Waals surface area contributed by atoms with E-state index in [9.17, 15) is 15.2 Å². The molecule has 1 fully saturated rings. The van der Waals surface area contributed by atoms with Gasteiger partial charge in [-0.05, 0) is 17.5 Å². The summed E-state index contributed by atoms with van der Waals surface area (Å²) < 4.78 is 0. The van der Waals surface area contributed by atoms with Crippen LogP contribution >= 0.6 is 11.8 Å². The van der Waals surface area contributed by atoms with Crippen LogP contribution in [0.15, 0.2) is 35.4 Å². The zero-order valence-electron chi connectivity index (χ0n) is 16.0. The van der Waals surface area contributed by atoms with Crippen molar-refractivity contribution in [1.29, 1.82) is 5.26 Å².